The molecule has 0 bridgehead atoms. The van der Waals surface area contributed by atoms with Gasteiger partial charge in [0.1, 0.15) is 15.9 Å². The van der Waals surface area contributed by atoms with Gasteiger partial charge < -0.3 is 14.4 Å². The number of ether oxygens (including phenoxy) is 1. The molecule has 0 atom stereocenters. The molecule has 17 heavy (non-hydrogen) atoms. The maximum Gasteiger partial charge on any atom is 1.00 e. The van der Waals surface area contributed by atoms with Gasteiger partial charge in [-0.15, -0.1) is 0 Å². The first kappa shape index (κ1) is 16.4. The SMILES string of the molecule is Cc1ccc(OCC(=O)O)c(S(=O)(=O)[O-])c1.[Na+]. The number of aryl methyl sites for hydroxylation is 1. The minimum Gasteiger partial charge on any atom is -0.744 e. The molecule has 0 aromatic heterocycles. The summed E-state index contributed by atoms with van der Waals surface area (Å²) in [7, 11) is -4.67. The normalized spacial score (nSPS) is 10.5. The molecule has 0 amide bonds. The predicted octanol–water partition coefficient (Wildman–Crippen LogP) is -2.63. The molecule has 0 radical (unpaired) electrons. The predicted molar refractivity (Wildman–Crippen MR) is 52.3 cm³/mol. The Morgan fingerprint density at radius 2 is 2.06 bits per heavy atom. The molecule has 0 unspecified atom stereocenters. The molecule has 0 aliphatic heterocycles. The summed E-state index contributed by atoms with van der Waals surface area (Å²) in [5.74, 6) is -1.50. The van der Waals surface area contributed by atoms with Gasteiger partial charge in [0.05, 0.1) is 4.90 Å². The van der Waals surface area contributed by atoms with E-state index in [9.17, 15) is 17.8 Å². The zero-order chi connectivity index (χ0) is 12.3. The molecule has 88 valence electrons. The summed E-state index contributed by atoms with van der Waals surface area (Å²) in [6.45, 7) is 0.904. The first-order valence-electron chi connectivity index (χ1n) is 4.22. The van der Waals surface area contributed by atoms with Crippen LogP contribution >= 0.6 is 0 Å². The van der Waals surface area contributed by atoms with Crippen LogP contribution in [0.2, 0.25) is 0 Å². The summed E-state index contributed by atoms with van der Waals surface area (Å²) in [6, 6.07) is 3.91. The van der Waals surface area contributed by atoms with Crippen molar-refractivity contribution < 1.29 is 57.2 Å². The van der Waals surface area contributed by atoms with E-state index in [1.165, 1.54) is 12.1 Å². The molecule has 1 rings (SSSR count). The average Bonchev–Trinajstić information content (AvgIpc) is 2.14. The van der Waals surface area contributed by atoms with Crippen molar-refractivity contribution in [1.29, 1.82) is 0 Å². The van der Waals surface area contributed by atoms with E-state index < -0.39 is 27.6 Å². The second kappa shape index (κ2) is 6.36. The van der Waals surface area contributed by atoms with Gasteiger partial charge in [-0.25, -0.2) is 13.2 Å². The van der Waals surface area contributed by atoms with Gasteiger partial charge in [0.2, 0.25) is 0 Å². The molecular formula is C9H9NaO6S. The second-order valence-corrected chi connectivity index (χ2v) is 4.43. The van der Waals surface area contributed by atoms with Crippen molar-refractivity contribution in [1.82, 2.24) is 0 Å². The fourth-order valence-electron chi connectivity index (χ4n) is 1.07. The Labute approximate surface area is 121 Å². The van der Waals surface area contributed by atoms with Crippen LogP contribution in [0.15, 0.2) is 23.1 Å². The van der Waals surface area contributed by atoms with Gasteiger partial charge in [0.25, 0.3) is 0 Å². The molecule has 0 saturated carbocycles. The molecule has 6 nitrogen and oxygen atoms in total. The Morgan fingerprint density at radius 1 is 1.47 bits per heavy atom. The van der Waals surface area contributed by atoms with E-state index in [1.807, 2.05) is 0 Å². The number of carbonyl (C=O) groups is 1. The van der Waals surface area contributed by atoms with Gasteiger partial charge >= 0.3 is 35.5 Å². The third-order valence-electron chi connectivity index (χ3n) is 1.72. The molecule has 1 N–H and O–H groups in total. The molecule has 8 heteroatoms. The third kappa shape index (κ3) is 5.05. The van der Waals surface area contributed by atoms with Crippen molar-refractivity contribution in [2.75, 3.05) is 6.61 Å². The van der Waals surface area contributed by atoms with Gasteiger partial charge in [-0.05, 0) is 24.6 Å². The van der Waals surface area contributed by atoms with Crippen molar-refractivity contribution >= 4 is 16.1 Å². The largest absolute Gasteiger partial charge is 1.00 e. The summed E-state index contributed by atoms with van der Waals surface area (Å²) >= 11 is 0. The van der Waals surface area contributed by atoms with Crippen LogP contribution in [0.3, 0.4) is 0 Å². The third-order valence-corrected chi connectivity index (χ3v) is 2.58. The van der Waals surface area contributed by atoms with Gasteiger partial charge in [0, 0.05) is 0 Å². The topological polar surface area (TPSA) is 104 Å². The maximum atomic E-state index is 10.9. The first-order chi connectivity index (χ1) is 7.30. The monoisotopic (exact) mass is 268 g/mol. The van der Waals surface area contributed by atoms with Gasteiger partial charge in [-0.2, -0.15) is 0 Å². The Morgan fingerprint density at radius 3 is 2.53 bits per heavy atom. The molecule has 0 heterocycles. The fourth-order valence-corrected chi connectivity index (χ4v) is 1.77. The Hall–Kier alpha value is -0.600. The number of hydrogen-bond donors (Lipinski definition) is 1. The molecule has 0 spiro atoms. The number of benzene rings is 1. The zero-order valence-corrected chi connectivity index (χ0v) is 12.2. The molecule has 0 aliphatic carbocycles. The van der Waals surface area contributed by atoms with E-state index in [4.69, 9.17) is 9.84 Å². The smallest absolute Gasteiger partial charge is 0.744 e. The van der Waals surface area contributed by atoms with Crippen LogP contribution in [0.5, 0.6) is 5.75 Å². The molecule has 1 aromatic rings. The molecular weight excluding hydrogens is 259 g/mol. The average molecular weight is 268 g/mol. The minimum absolute atomic E-state index is 0. The van der Waals surface area contributed by atoms with Crippen LogP contribution in [0, 0.1) is 6.92 Å². The fraction of sp³-hybridized carbons (Fsp3) is 0.222. The van der Waals surface area contributed by atoms with Crippen LogP contribution in [0.4, 0.5) is 0 Å². The quantitative estimate of drug-likeness (QED) is 0.473. The molecule has 1 aromatic carbocycles. The van der Waals surface area contributed by atoms with Crippen LogP contribution in [-0.4, -0.2) is 30.7 Å². The maximum absolute atomic E-state index is 10.9. The van der Waals surface area contributed by atoms with E-state index in [0.717, 1.165) is 6.07 Å². The number of aliphatic carboxylic acids is 1. The van der Waals surface area contributed by atoms with Crippen molar-refractivity contribution in [2.45, 2.75) is 11.8 Å². The second-order valence-electron chi connectivity index (χ2n) is 3.09. The van der Waals surface area contributed by atoms with Crippen LogP contribution < -0.4 is 34.3 Å². The minimum atomic E-state index is -4.67. The number of hydrogen-bond acceptors (Lipinski definition) is 5. The van der Waals surface area contributed by atoms with E-state index in [2.05, 4.69) is 0 Å². The van der Waals surface area contributed by atoms with Crippen molar-refractivity contribution in [2.24, 2.45) is 0 Å². The molecule has 0 saturated heterocycles. The van der Waals surface area contributed by atoms with Crippen molar-refractivity contribution in [3.63, 3.8) is 0 Å². The summed E-state index contributed by atoms with van der Waals surface area (Å²) in [5.41, 5.74) is 0.567. The first-order valence-corrected chi connectivity index (χ1v) is 5.62. The Kier molecular flexibility index (Phi) is 6.14. The Balaban J connectivity index is 0.00000256. The van der Waals surface area contributed by atoms with Crippen molar-refractivity contribution in [3.05, 3.63) is 23.8 Å². The van der Waals surface area contributed by atoms with Crippen molar-refractivity contribution in [3.8, 4) is 5.75 Å². The number of carboxylic acids is 1. The summed E-state index contributed by atoms with van der Waals surface area (Å²) in [5, 5.41) is 8.37. The molecule has 0 fully saturated rings. The molecule has 0 aliphatic rings. The van der Waals surface area contributed by atoms with E-state index in [1.54, 1.807) is 6.92 Å². The van der Waals surface area contributed by atoms with Gasteiger partial charge in [-0.3, -0.25) is 0 Å². The standard InChI is InChI=1S/C9H10O6S.Na/c1-6-2-3-7(15-5-9(10)11)8(4-6)16(12,13)14;/h2-4H,5H2,1H3,(H,10,11)(H,12,13,14);/q;+1/p-1. The van der Waals surface area contributed by atoms with Gasteiger partial charge in [-0.1, -0.05) is 6.07 Å². The van der Waals surface area contributed by atoms with E-state index in [0.29, 0.717) is 5.56 Å². The summed E-state index contributed by atoms with van der Waals surface area (Å²) in [6.07, 6.45) is 0. The number of rotatable bonds is 4. The summed E-state index contributed by atoms with van der Waals surface area (Å²) in [4.78, 5) is 9.70. The van der Waals surface area contributed by atoms with E-state index >= 15 is 0 Å². The summed E-state index contributed by atoms with van der Waals surface area (Å²) < 4.78 is 37.3. The van der Waals surface area contributed by atoms with Gasteiger partial charge in [0.15, 0.2) is 6.61 Å². The van der Waals surface area contributed by atoms with Crippen LogP contribution in [0.1, 0.15) is 5.56 Å². The van der Waals surface area contributed by atoms with Crippen LogP contribution in [0.25, 0.3) is 0 Å². The van der Waals surface area contributed by atoms with Crippen LogP contribution in [-0.2, 0) is 14.9 Å². The van der Waals surface area contributed by atoms with E-state index in [-0.39, 0.29) is 35.3 Å². The Bertz CT molecular complexity index is 510. The number of carboxylic acid groups (broad SMARTS) is 1. The zero-order valence-electron chi connectivity index (χ0n) is 9.34.